The summed E-state index contributed by atoms with van der Waals surface area (Å²) in [7, 11) is 1.61. The van der Waals surface area contributed by atoms with Crippen molar-refractivity contribution in [2.45, 2.75) is 45.1 Å². The first-order valence-electron chi connectivity index (χ1n) is 10.4. The van der Waals surface area contributed by atoms with Crippen LogP contribution < -0.4 is 15.0 Å². The van der Waals surface area contributed by atoms with Crippen LogP contribution in [0.3, 0.4) is 0 Å². The molecule has 2 aromatic carbocycles. The van der Waals surface area contributed by atoms with Crippen LogP contribution in [0.4, 0.5) is 0 Å². The van der Waals surface area contributed by atoms with Gasteiger partial charge in [-0.15, -0.1) is 0 Å². The lowest BCUT2D eigenvalue weighted by atomic mass is 10.0. The normalized spacial score (nSPS) is 15.7. The first-order valence-corrected chi connectivity index (χ1v) is 10.4. The Morgan fingerprint density at radius 2 is 1.90 bits per heavy atom. The molecule has 0 radical (unpaired) electrons. The third kappa shape index (κ3) is 5.33. The van der Waals surface area contributed by atoms with Gasteiger partial charge in [-0.2, -0.15) is 0 Å². The highest BCUT2D eigenvalue weighted by molar-refractivity contribution is 5.83. The van der Waals surface area contributed by atoms with Gasteiger partial charge in [-0.1, -0.05) is 37.3 Å². The summed E-state index contributed by atoms with van der Waals surface area (Å²) in [6.45, 7) is 2.51. The lowest BCUT2D eigenvalue weighted by Crippen LogP contribution is -2.23. The van der Waals surface area contributed by atoms with Crippen molar-refractivity contribution in [2.24, 2.45) is 0 Å². The predicted molar refractivity (Wildman–Crippen MR) is 115 cm³/mol. The summed E-state index contributed by atoms with van der Waals surface area (Å²) in [5.41, 5.74) is 6.34. The third-order valence-electron chi connectivity index (χ3n) is 5.18. The van der Waals surface area contributed by atoms with Gasteiger partial charge in [0.25, 0.3) is 0 Å². The third-order valence-corrected chi connectivity index (χ3v) is 5.18. The van der Waals surface area contributed by atoms with Crippen molar-refractivity contribution in [2.75, 3.05) is 13.7 Å². The van der Waals surface area contributed by atoms with Crippen LogP contribution in [0.15, 0.2) is 54.1 Å². The summed E-state index contributed by atoms with van der Waals surface area (Å²) in [4.78, 5) is 16.6. The molecule has 30 heavy (non-hydrogen) atoms. The van der Waals surface area contributed by atoms with Crippen molar-refractivity contribution in [1.29, 1.82) is 0 Å². The van der Waals surface area contributed by atoms with E-state index in [4.69, 9.17) is 14.3 Å². The minimum absolute atomic E-state index is 0.572. The molecule has 160 valence electrons. The van der Waals surface area contributed by atoms with Gasteiger partial charge in [0.05, 0.1) is 19.4 Å². The summed E-state index contributed by atoms with van der Waals surface area (Å²) < 4.78 is 11.4. The van der Waals surface area contributed by atoms with Crippen molar-refractivity contribution in [3.8, 4) is 11.5 Å². The highest BCUT2D eigenvalue weighted by Crippen LogP contribution is 2.34. The van der Waals surface area contributed by atoms with Crippen LogP contribution >= 0.6 is 0 Å². The van der Waals surface area contributed by atoms with E-state index in [-0.39, 0.29) is 0 Å². The van der Waals surface area contributed by atoms with Gasteiger partial charge >= 0.3 is 5.97 Å². The second-order valence-electron chi connectivity index (χ2n) is 7.20. The molecule has 0 saturated carbocycles. The molecule has 0 aliphatic carbocycles. The average Bonchev–Trinajstić information content (AvgIpc) is 3.21. The van der Waals surface area contributed by atoms with Gasteiger partial charge in [0.15, 0.2) is 11.5 Å². The van der Waals surface area contributed by atoms with E-state index < -0.39 is 12.1 Å². The summed E-state index contributed by atoms with van der Waals surface area (Å²) in [6.07, 6.45) is 3.83. The van der Waals surface area contributed by atoms with E-state index >= 15 is 0 Å². The van der Waals surface area contributed by atoms with Crippen LogP contribution in [-0.2, 0) is 16.1 Å². The monoisotopic (exact) mass is 411 g/mol. The maximum Gasteiger partial charge on any atom is 0.340 e. The number of methoxy groups -OCH3 is 1. The van der Waals surface area contributed by atoms with Gasteiger partial charge in [0.1, 0.15) is 0 Å². The van der Waals surface area contributed by atoms with E-state index in [1.807, 2.05) is 31.2 Å². The standard InChI is InChI=1S/C24H29NO5/c1-3-19-22(25-30-23(19)24(26)27)18-13-14-20(28-2)21(16-18)29-15-9-5-8-12-17-10-6-4-7-11-17/h4,6-7,10-11,13-14,16,23,25H,3,5,8-9,12,15H2,1-2H3,(H,26,27). The van der Waals surface area contributed by atoms with Crippen molar-refractivity contribution >= 4 is 11.7 Å². The molecule has 1 aliphatic rings. The highest BCUT2D eigenvalue weighted by Gasteiger charge is 2.32. The second-order valence-corrected chi connectivity index (χ2v) is 7.20. The van der Waals surface area contributed by atoms with E-state index in [0.717, 1.165) is 31.2 Å². The van der Waals surface area contributed by atoms with Crippen LogP contribution in [0, 0.1) is 0 Å². The molecule has 1 atom stereocenters. The zero-order valence-corrected chi connectivity index (χ0v) is 17.5. The second kappa shape index (κ2) is 10.7. The number of benzene rings is 2. The quantitative estimate of drug-likeness (QED) is 0.527. The van der Waals surface area contributed by atoms with Crippen LogP contribution in [-0.4, -0.2) is 30.9 Å². The van der Waals surface area contributed by atoms with E-state index in [2.05, 4.69) is 29.7 Å². The maximum absolute atomic E-state index is 11.4. The largest absolute Gasteiger partial charge is 0.493 e. The molecule has 0 fully saturated rings. The highest BCUT2D eigenvalue weighted by atomic mass is 16.7. The zero-order valence-electron chi connectivity index (χ0n) is 17.5. The Kier molecular flexibility index (Phi) is 7.74. The lowest BCUT2D eigenvalue weighted by molar-refractivity contribution is -0.149. The average molecular weight is 411 g/mol. The van der Waals surface area contributed by atoms with E-state index in [1.54, 1.807) is 7.11 Å². The molecular weight excluding hydrogens is 382 g/mol. The molecule has 0 saturated heterocycles. The van der Waals surface area contributed by atoms with Crippen molar-refractivity contribution in [3.63, 3.8) is 0 Å². The van der Waals surface area contributed by atoms with E-state index in [0.29, 0.717) is 35.8 Å². The Labute approximate surface area is 177 Å². The molecule has 3 rings (SSSR count). The fourth-order valence-corrected chi connectivity index (χ4v) is 3.57. The smallest absolute Gasteiger partial charge is 0.340 e. The van der Waals surface area contributed by atoms with Crippen molar-refractivity contribution in [1.82, 2.24) is 5.48 Å². The van der Waals surface area contributed by atoms with Crippen molar-refractivity contribution in [3.05, 3.63) is 65.2 Å². The molecule has 6 heteroatoms. The molecule has 0 bridgehead atoms. The number of hydrogen-bond acceptors (Lipinski definition) is 5. The van der Waals surface area contributed by atoms with E-state index in [9.17, 15) is 9.90 Å². The summed E-state index contributed by atoms with van der Waals surface area (Å²) in [5, 5.41) is 9.33. The Hall–Kier alpha value is -2.99. The minimum Gasteiger partial charge on any atom is -0.493 e. The van der Waals surface area contributed by atoms with E-state index in [1.165, 1.54) is 5.56 Å². The Morgan fingerprint density at radius 3 is 2.60 bits per heavy atom. The first-order chi connectivity index (χ1) is 14.6. The van der Waals surface area contributed by atoms with Crippen LogP contribution in [0.2, 0.25) is 0 Å². The van der Waals surface area contributed by atoms with Gasteiger partial charge in [0.2, 0.25) is 6.10 Å². The number of hydrogen-bond donors (Lipinski definition) is 2. The van der Waals surface area contributed by atoms with Gasteiger partial charge in [0, 0.05) is 5.56 Å². The maximum atomic E-state index is 11.4. The molecule has 6 nitrogen and oxygen atoms in total. The number of aliphatic carboxylic acids is 1. The van der Waals surface area contributed by atoms with Crippen LogP contribution in [0.1, 0.15) is 43.7 Å². The predicted octanol–water partition coefficient (Wildman–Crippen LogP) is 4.60. The Bertz CT molecular complexity index is 878. The number of unbranched alkanes of at least 4 members (excludes halogenated alkanes) is 2. The van der Waals surface area contributed by atoms with Gasteiger partial charge in [-0.05, 0) is 61.4 Å². The fourth-order valence-electron chi connectivity index (χ4n) is 3.57. The number of rotatable bonds is 11. The van der Waals surface area contributed by atoms with Gasteiger partial charge in [-0.3, -0.25) is 10.3 Å². The lowest BCUT2D eigenvalue weighted by Gasteiger charge is -2.13. The number of ether oxygens (including phenoxy) is 2. The zero-order chi connectivity index (χ0) is 21.3. The van der Waals surface area contributed by atoms with Gasteiger partial charge in [-0.25, -0.2) is 4.79 Å². The number of carbonyl (C=O) groups is 1. The fraction of sp³-hybridized carbons (Fsp3) is 0.375. The number of aryl methyl sites for hydroxylation is 1. The summed E-state index contributed by atoms with van der Waals surface area (Å²) in [5.74, 6) is 0.284. The molecule has 0 amide bonds. The van der Waals surface area contributed by atoms with Crippen LogP contribution in [0.25, 0.3) is 5.70 Å². The molecule has 1 unspecified atom stereocenters. The Morgan fingerprint density at radius 1 is 1.10 bits per heavy atom. The van der Waals surface area contributed by atoms with Gasteiger partial charge < -0.3 is 14.6 Å². The van der Waals surface area contributed by atoms with Crippen LogP contribution in [0.5, 0.6) is 11.5 Å². The number of nitrogens with one attached hydrogen (secondary N) is 1. The molecule has 2 aromatic rings. The molecule has 0 aromatic heterocycles. The minimum atomic E-state index is -1.00. The Balaban J connectivity index is 1.59. The SMILES string of the molecule is CCC1=C(c2ccc(OC)c(OCCCCCc3ccccc3)c2)NOC1C(=O)O. The molecule has 1 heterocycles. The number of hydroxylamine groups is 1. The van der Waals surface area contributed by atoms with Crippen molar-refractivity contribution < 1.29 is 24.2 Å². The summed E-state index contributed by atoms with van der Waals surface area (Å²) >= 11 is 0. The molecule has 2 N–H and O–H groups in total. The molecular formula is C24H29NO5. The summed E-state index contributed by atoms with van der Waals surface area (Å²) in [6, 6.07) is 16.1. The first kappa shape index (κ1) is 21.7. The number of carboxylic acid groups (broad SMARTS) is 1. The molecule has 1 aliphatic heterocycles. The molecule has 0 spiro atoms. The topological polar surface area (TPSA) is 77.0 Å². The number of carboxylic acids is 1.